The smallest absolute Gasteiger partial charge is 0.306 e. The molecule has 0 saturated heterocycles. The van der Waals surface area contributed by atoms with Crippen LogP contribution in [0.1, 0.15) is 29.5 Å². The number of amides is 2. The van der Waals surface area contributed by atoms with Crippen LogP contribution in [0.25, 0.3) is 0 Å². The molecule has 6 nitrogen and oxygen atoms in total. The minimum Gasteiger partial charge on any atom is -0.456 e. The summed E-state index contributed by atoms with van der Waals surface area (Å²) in [5, 5.41) is 5.46. The van der Waals surface area contributed by atoms with Crippen LogP contribution >= 0.6 is 15.9 Å². The number of hydrogen-bond donors (Lipinski definition) is 2. The summed E-state index contributed by atoms with van der Waals surface area (Å²) < 4.78 is 5.86. The van der Waals surface area contributed by atoms with E-state index in [0.717, 1.165) is 21.2 Å². The Labute approximate surface area is 172 Å². The van der Waals surface area contributed by atoms with Crippen LogP contribution in [0.15, 0.2) is 40.9 Å². The Morgan fingerprint density at radius 1 is 0.857 bits per heavy atom. The van der Waals surface area contributed by atoms with Gasteiger partial charge in [0.1, 0.15) is 0 Å². The Kier molecular flexibility index (Phi) is 7.75. The summed E-state index contributed by atoms with van der Waals surface area (Å²) in [6, 6.07) is 11.1. The fourth-order valence-electron chi connectivity index (χ4n) is 2.55. The first-order valence-electron chi connectivity index (χ1n) is 8.83. The summed E-state index contributed by atoms with van der Waals surface area (Å²) >= 11 is 3.36. The van der Waals surface area contributed by atoms with Gasteiger partial charge in [0.2, 0.25) is 5.91 Å². The minimum atomic E-state index is -0.599. The molecule has 2 amide bonds. The van der Waals surface area contributed by atoms with Crippen molar-refractivity contribution in [1.29, 1.82) is 0 Å². The quantitative estimate of drug-likeness (QED) is 0.621. The molecule has 2 aromatic carbocycles. The van der Waals surface area contributed by atoms with Crippen molar-refractivity contribution >= 4 is 45.1 Å². The largest absolute Gasteiger partial charge is 0.456 e. The van der Waals surface area contributed by atoms with Gasteiger partial charge in [-0.1, -0.05) is 33.6 Å². The summed E-state index contributed by atoms with van der Waals surface area (Å²) in [6.45, 7) is 5.34. The molecule has 0 aliphatic rings. The van der Waals surface area contributed by atoms with E-state index >= 15 is 0 Å². The first-order chi connectivity index (χ1) is 13.2. The Morgan fingerprint density at radius 2 is 1.46 bits per heavy atom. The summed E-state index contributed by atoms with van der Waals surface area (Å²) in [5.41, 5.74) is 4.30. The van der Waals surface area contributed by atoms with Gasteiger partial charge >= 0.3 is 5.97 Å². The number of halogens is 1. The molecule has 0 bridgehead atoms. The van der Waals surface area contributed by atoms with Gasteiger partial charge in [0.25, 0.3) is 5.91 Å². The average molecular weight is 447 g/mol. The molecule has 0 saturated carbocycles. The lowest BCUT2D eigenvalue weighted by Crippen LogP contribution is -2.22. The minimum absolute atomic E-state index is 0.0208. The third-order valence-corrected chi connectivity index (χ3v) is 4.53. The molecule has 2 rings (SSSR count). The molecule has 0 atom stereocenters. The van der Waals surface area contributed by atoms with E-state index in [1.165, 1.54) is 0 Å². The number of benzene rings is 2. The van der Waals surface area contributed by atoms with Crippen LogP contribution in [0, 0.1) is 20.8 Å². The van der Waals surface area contributed by atoms with Crippen molar-refractivity contribution in [3.05, 3.63) is 57.6 Å². The van der Waals surface area contributed by atoms with Crippen LogP contribution in [0.4, 0.5) is 11.4 Å². The highest BCUT2D eigenvalue weighted by Gasteiger charge is 2.12. The molecular weight excluding hydrogens is 424 g/mol. The summed E-state index contributed by atoms with van der Waals surface area (Å²) in [5.74, 6) is -1.31. The number of hydrogen-bond acceptors (Lipinski definition) is 4. The number of esters is 1. The van der Waals surface area contributed by atoms with Gasteiger partial charge in [-0.15, -0.1) is 0 Å². The monoisotopic (exact) mass is 446 g/mol. The molecule has 2 aromatic rings. The van der Waals surface area contributed by atoms with Crippen molar-refractivity contribution in [2.45, 2.75) is 33.6 Å². The molecule has 0 aliphatic heterocycles. The molecule has 28 heavy (non-hydrogen) atoms. The molecule has 0 aromatic heterocycles. The molecule has 0 heterocycles. The topological polar surface area (TPSA) is 84.5 Å². The van der Waals surface area contributed by atoms with E-state index in [-0.39, 0.29) is 25.4 Å². The van der Waals surface area contributed by atoms with E-state index in [0.29, 0.717) is 11.4 Å². The number of anilines is 2. The van der Waals surface area contributed by atoms with Crippen molar-refractivity contribution in [2.75, 3.05) is 17.2 Å². The molecule has 7 heteroatoms. The Bertz CT molecular complexity index is 824. The van der Waals surface area contributed by atoms with E-state index in [1.807, 2.05) is 45.0 Å². The zero-order valence-electron chi connectivity index (χ0n) is 16.1. The molecule has 0 radical (unpaired) electrons. The number of nitrogens with one attached hydrogen (secondary N) is 2. The number of carbonyl (C=O) groups excluding carboxylic acids is 3. The van der Waals surface area contributed by atoms with E-state index in [1.54, 1.807) is 12.1 Å². The lowest BCUT2D eigenvalue weighted by molar-refractivity contribution is -0.147. The summed E-state index contributed by atoms with van der Waals surface area (Å²) in [7, 11) is 0. The van der Waals surface area contributed by atoms with Gasteiger partial charge in [-0.25, -0.2) is 0 Å². The second-order valence-electron chi connectivity index (χ2n) is 6.53. The average Bonchev–Trinajstić information content (AvgIpc) is 2.63. The third kappa shape index (κ3) is 6.81. The molecule has 0 spiro atoms. The maximum absolute atomic E-state index is 12.0. The van der Waals surface area contributed by atoms with E-state index < -0.39 is 11.9 Å². The summed E-state index contributed by atoms with van der Waals surface area (Å²) in [4.78, 5) is 35.7. The normalized spacial score (nSPS) is 10.3. The molecule has 0 unspecified atom stereocenters. The van der Waals surface area contributed by atoms with Crippen LogP contribution in [-0.2, 0) is 19.1 Å². The SMILES string of the molecule is Cc1ccc(NC(=O)COC(=O)CCC(=O)Nc2ccc(Br)cc2C)c(C)c1. The first-order valence-corrected chi connectivity index (χ1v) is 9.62. The highest BCUT2D eigenvalue weighted by atomic mass is 79.9. The highest BCUT2D eigenvalue weighted by molar-refractivity contribution is 9.10. The van der Waals surface area contributed by atoms with Gasteiger partial charge < -0.3 is 15.4 Å². The Morgan fingerprint density at radius 3 is 2.11 bits per heavy atom. The second-order valence-corrected chi connectivity index (χ2v) is 7.45. The number of carbonyl (C=O) groups is 3. The van der Waals surface area contributed by atoms with E-state index in [4.69, 9.17) is 4.74 Å². The standard InChI is InChI=1S/C21H23BrN2O4/c1-13-4-6-17(14(2)10-13)24-20(26)12-28-21(27)9-8-19(25)23-18-7-5-16(22)11-15(18)3/h4-7,10-11H,8-9,12H2,1-3H3,(H,23,25)(H,24,26). The number of rotatable bonds is 7. The molecule has 0 fully saturated rings. The molecule has 2 N–H and O–H groups in total. The fourth-order valence-corrected chi connectivity index (χ4v) is 3.03. The van der Waals surface area contributed by atoms with Crippen LogP contribution in [-0.4, -0.2) is 24.4 Å². The van der Waals surface area contributed by atoms with Gasteiger partial charge in [0, 0.05) is 22.3 Å². The van der Waals surface area contributed by atoms with Crippen molar-refractivity contribution in [1.82, 2.24) is 0 Å². The molecule has 148 valence electrons. The number of aryl methyl sites for hydroxylation is 3. The third-order valence-electron chi connectivity index (χ3n) is 4.04. The van der Waals surface area contributed by atoms with Gasteiger partial charge in [-0.3, -0.25) is 14.4 Å². The zero-order valence-corrected chi connectivity index (χ0v) is 17.7. The van der Waals surface area contributed by atoms with Crippen LogP contribution < -0.4 is 10.6 Å². The molecule has 0 aliphatic carbocycles. The predicted molar refractivity (Wildman–Crippen MR) is 112 cm³/mol. The van der Waals surface area contributed by atoms with Gasteiger partial charge in [-0.05, 0) is 56.2 Å². The summed E-state index contributed by atoms with van der Waals surface area (Å²) in [6.07, 6.45) is -0.120. The second kappa shape index (κ2) is 10.0. The Hall–Kier alpha value is -2.67. The maximum atomic E-state index is 12.0. The van der Waals surface area contributed by atoms with Crippen molar-refractivity contribution in [3.8, 4) is 0 Å². The van der Waals surface area contributed by atoms with Crippen LogP contribution in [0.3, 0.4) is 0 Å². The van der Waals surface area contributed by atoms with Crippen LogP contribution in [0.2, 0.25) is 0 Å². The number of ether oxygens (including phenoxy) is 1. The zero-order chi connectivity index (χ0) is 20.7. The maximum Gasteiger partial charge on any atom is 0.306 e. The van der Waals surface area contributed by atoms with Gasteiger partial charge in [0.05, 0.1) is 6.42 Å². The van der Waals surface area contributed by atoms with E-state index in [9.17, 15) is 14.4 Å². The van der Waals surface area contributed by atoms with E-state index in [2.05, 4.69) is 26.6 Å². The van der Waals surface area contributed by atoms with Gasteiger partial charge in [0.15, 0.2) is 6.61 Å². The lowest BCUT2D eigenvalue weighted by atomic mass is 10.1. The predicted octanol–water partition coefficient (Wildman–Crippen LogP) is 4.27. The van der Waals surface area contributed by atoms with Crippen LogP contribution in [0.5, 0.6) is 0 Å². The van der Waals surface area contributed by atoms with Crippen molar-refractivity contribution in [2.24, 2.45) is 0 Å². The van der Waals surface area contributed by atoms with Crippen molar-refractivity contribution in [3.63, 3.8) is 0 Å². The van der Waals surface area contributed by atoms with Gasteiger partial charge in [-0.2, -0.15) is 0 Å². The fraction of sp³-hybridized carbons (Fsp3) is 0.286. The Balaban J connectivity index is 1.73. The highest BCUT2D eigenvalue weighted by Crippen LogP contribution is 2.20. The first kappa shape index (κ1) is 21.6. The lowest BCUT2D eigenvalue weighted by Gasteiger charge is -2.10. The van der Waals surface area contributed by atoms with Crippen molar-refractivity contribution < 1.29 is 19.1 Å². The molecular formula is C21H23BrN2O4.